The Morgan fingerprint density at radius 3 is 2.78 bits per heavy atom. The molecule has 1 atom stereocenters. The number of anilines is 2. The summed E-state index contributed by atoms with van der Waals surface area (Å²) in [7, 11) is 0. The van der Waals surface area contributed by atoms with Crippen LogP contribution in [0.15, 0.2) is 59.7 Å². The number of hydrogen-bond donors (Lipinski definition) is 3. The average Bonchev–Trinajstić information content (AvgIpc) is 3.39. The molecule has 6 rings (SSSR count). The van der Waals surface area contributed by atoms with Gasteiger partial charge in [-0.2, -0.15) is 5.10 Å². The van der Waals surface area contributed by atoms with Gasteiger partial charge < -0.3 is 14.5 Å². The minimum absolute atomic E-state index is 0.0568. The molecule has 4 aliphatic rings. The van der Waals surface area contributed by atoms with Gasteiger partial charge in [-0.1, -0.05) is 0 Å². The van der Waals surface area contributed by atoms with Crippen LogP contribution in [0.4, 0.5) is 11.5 Å². The van der Waals surface area contributed by atoms with Gasteiger partial charge in [0.25, 0.3) is 5.91 Å². The van der Waals surface area contributed by atoms with Crippen LogP contribution in [0, 0.1) is 0 Å². The van der Waals surface area contributed by atoms with Crippen LogP contribution >= 0.6 is 0 Å². The zero-order valence-electron chi connectivity index (χ0n) is 17.8. The van der Waals surface area contributed by atoms with Crippen LogP contribution in [0.2, 0.25) is 0 Å². The summed E-state index contributed by atoms with van der Waals surface area (Å²) in [6, 6.07) is 9.89. The van der Waals surface area contributed by atoms with Gasteiger partial charge in [0.15, 0.2) is 5.82 Å². The Kier molecular flexibility index (Phi) is 4.77. The molecule has 1 aromatic heterocycles. The van der Waals surface area contributed by atoms with E-state index in [1.165, 1.54) is 18.5 Å². The third-order valence-corrected chi connectivity index (χ3v) is 6.30. The van der Waals surface area contributed by atoms with Crippen molar-refractivity contribution in [2.45, 2.75) is 18.8 Å². The molecule has 3 aliphatic heterocycles. The van der Waals surface area contributed by atoms with E-state index in [1.54, 1.807) is 0 Å². The summed E-state index contributed by atoms with van der Waals surface area (Å²) in [5, 5.41) is 11.0. The lowest BCUT2D eigenvalue weighted by Gasteiger charge is -2.29. The summed E-state index contributed by atoms with van der Waals surface area (Å²) < 4.78 is 5.35. The molecule has 1 amide bonds. The number of hydrogen-bond acceptors (Lipinski definition) is 6. The van der Waals surface area contributed by atoms with Crippen molar-refractivity contribution in [2.24, 2.45) is 4.99 Å². The Morgan fingerprint density at radius 2 is 2.00 bits per heavy atom. The first-order valence-electron chi connectivity index (χ1n) is 11.1. The second kappa shape index (κ2) is 7.92. The SMILES string of the molecule is O=C(c1ccc(N2C=C(Nc3cc(C4CC4)[nH]n3)[NH+]3C=CN=C3C2)cc1)N1CCOCC1. The Morgan fingerprint density at radius 1 is 1.19 bits per heavy atom. The minimum Gasteiger partial charge on any atom is -0.378 e. The zero-order valence-corrected chi connectivity index (χ0v) is 17.8. The number of benzene rings is 1. The number of morpholine rings is 1. The van der Waals surface area contributed by atoms with Crippen molar-refractivity contribution < 1.29 is 14.4 Å². The van der Waals surface area contributed by atoms with Crippen LogP contribution in [-0.4, -0.2) is 59.7 Å². The Labute approximate surface area is 186 Å². The molecule has 0 radical (unpaired) electrons. The van der Waals surface area contributed by atoms with Crippen LogP contribution < -0.4 is 15.1 Å². The third kappa shape index (κ3) is 3.69. The highest BCUT2D eigenvalue weighted by Crippen LogP contribution is 2.39. The molecule has 1 saturated carbocycles. The maximum Gasteiger partial charge on any atom is 0.254 e. The van der Waals surface area contributed by atoms with E-state index >= 15 is 0 Å². The summed E-state index contributed by atoms with van der Waals surface area (Å²) in [6.45, 7) is 3.17. The van der Waals surface area contributed by atoms with Gasteiger partial charge >= 0.3 is 0 Å². The molecule has 1 unspecified atom stereocenters. The molecule has 2 fully saturated rings. The van der Waals surface area contributed by atoms with Gasteiger partial charge in [-0.05, 0) is 37.1 Å². The van der Waals surface area contributed by atoms with Crippen molar-refractivity contribution in [3.63, 3.8) is 0 Å². The second-order valence-electron chi connectivity index (χ2n) is 8.54. The highest BCUT2D eigenvalue weighted by atomic mass is 16.5. The smallest absolute Gasteiger partial charge is 0.254 e. The Hall–Kier alpha value is -3.43. The summed E-state index contributed by atoms with van der Waals surface area (Å²) in [5.41, 5.74) is 2.91. The van der Waals surface area contributed by atoms with Gasteiger partial charge in [-0.3, -0.25) is 15.2 Å². The molecular weight excluding hydrogens is 406 g/mol. The van der Waals surface area contributed by atoms with Gasteiger partial charge in [0.2, 0.25) is 11.7 Å². The zero-order chi connectivity index (χ0) is 21.5. The number of amidine groups is 1. The molecule has 3 N–H and O–H groups in total. The number of nitrogens with zero attached hydrogens (tertiary/aromatic N) is 4. The number of aliphatic imine (C=N–C) groups is 1. The number of carbonyl (C=O) groups is 1. The van der Waals surface area contributed by atoms with Crippen molar-refractivity contribution in [2.75, 3.05) is 43.1 Å². The van der Waals surface area contributed by atoms with E-state index in [-0.39, 0.29) is 5.91 Å². The monoisotopic (exact) mass is 432 g/mol. The number of ether oxygens (including phenoxy) is 1. The number of quaternary nitrogens is 1. The van der Waals surface area contributed by atoms with E-state index in [1.807, 2.05) is 41.6 Å². The molecular formula is C23H26N7O2+. The summed E-state index contributed by atoms with van der Waals surface area (Å²) >= 11 is 0. The molecule has 1 saturated heterocycles. The number of aromatic amines is 1. The highest BCUT2D eigenvalue weighted by molar-refractivity contribution is 5.95. The van der Waals surface area contributed by atoms with Gasteiger partial charge in [-0.25, -0.2) is 9.89 Å². The van der Waals surface area contributed by atoms with Gasteiger partial charge in [0.05, 0.1) is 25.6 Å². The molecule has 0 spiro atoms. The van der Waals surface area contributed by atoms with Crippen molar-refractivity contribution in [3.8, 4) is 0 Å². The standard InChI is InChI=1S/C23H25N7O2/c31-23(28-9-11-32-12-10-28)17-3-5-18(6-4-17)29-14-21-24-7-8-30(21)22(15-29)25-20-13-19(26-27-20)16-1-2-16/h3-8,13,15-16H,1-2,9-12,14H2,(H2,25,26,27)/p+1. The number of nitrogens with one attached hydrogen (secondary N) is 3. The lowest BCUT2D eigenvalue weighted by molar-refractivity contribution is -0.698. The fraction of sp³-hybridized carbons (Fsp3) is 0.348. The first-order valence-corrected chi connectivity index (χ1v) is 11.1. The van der Waals surface area contributed by atoms with Crippen LogP contribution in [-0.2, 0) is 4.74 Å². The minimum atomic E-state index is 0.0568. The predicted molar refractivity (Wildman–Crippen MR) is 120 cm³/mol. The lowest BCUT2D eigenvalue weighted by Crippen LogP contribution is -3.10. The number of amides is 1. The van der Waals surface area contributed by atoms with Crippen molar-refractivity contribution in [1.29, 1.82) is 0 Å². The maximum absolute atomic E-state index is 12.7. The molecule has 1 aliphatic carbocycles. The summed E-state index contributed by atoms with van der Waals surface area (Å²) in [4.78, 5) is 22.4. The maximum atomic E-state index is 12.7. The number of aromatic nitrogens is 2. The molecule has 164 valence electrons. The molecule has 4 heterocycles. The number of H-pyrrole nitrogens is 1. The van der Waals surface area contributed by atoms with Crippen molar-refractivity contribution in [1.82, 2.24) is 15.1 Å². The average molecular weight is 433 g/mol. The molecule has 9 nitrogen and oxygen atoms in total. The van der Waals surface area contributed by atoms with Crippen LogP contribution in [0.25, 0.3) is 0 Å². The second-order valence-corrected chi connectivity index (χ2v) is 8.54. The van der Waals surface area contributed by atoms with Crippen molar-refractivity contribution >= 4 is 23.2 Å². The first kappa shape index (κ1) is 19.3. The number of fused-ring (bicyclic) bond motifs is 1. The fourth-order valence-corrected chi connectivity index (χ4v) is 4.32. The van der Waals surface area contributed by atoms with E-state index in [4.69, 9.17) is 4.74 Å². The van der Waals surface area contributed by atoms with Gasteiger partial charge in [0.1, 0.15) is 12.7 Å². The normalized spacial score (nSPS) is 22.4. The predicted octanol–water partition coefficient (Wildman–Crippen LogP) is 1.26. The van der Waals surface area contributed by atoms with Crippen molar-refractivity contribution in [3.05, 3.63) is 66.0 Å². The molecule has 9 heteroatoms. The third-order valence-electron chi connectivity index (χ3n) is 6.30. The van der Waals surface area contributed by atoms with E-state index in [0.717, 1.165) is 28.1 Å². The topological polar surface area (TPSA) is 90.3 Å². The van der Waals surface area contributed by atoms with E-state index in [2.05, 4.69) is 37.7 Å². The van der Waals surface area contributed by atoms with Crippen LogP contribution in [0.3, 0.4) is 0 Å². The lowest BCUT2D eigenvalue weighted by atomic mass is 10.1. The van der Waals surface area contributed by atoms with E-state index in [9.17, 15) is 4.79 Å². The van der Waals surface area contributed by atoms with E-state index in [0.29, 0.717) is 44.3 Å². The quantitative estimate of drug-likeness (QED) is 0.662. The van der Waals surface area contributed by atoms with Crippen LogP contribution in [0.5, 0.6) is 0 Å². The molecule has 1 aromatic carbocycles. The Balaban J connectivity index is 1.22. The van der Waals surface area contributed by atoms with Gasteiger partial charge in [0, 0.05) is 42.0 Å². The number of rotatable bonds is 5. The molecule has 0 bridgehead atoms. The number of carbonyl (C=O) groups excluding carboxylic acids is 1. The highest BCUT2D eigenvalue weighted by Gasteiger charge is 2.33. The first-order chi connectivity index (χ1) is 15.7. The molecule has 2 aromatic rings. The largest absolute Gasteiger partial charge is 0.378 e. The molecule has 32 heavy (non-hydrogen) atoms. The van der Waals surface area contributed by atoms with Crippen LogP contribution in [0.1, 0.15) is 34.8 Å². The van der Waals surface area contributed by atoms with Gasteiger partial charge in [-0.15, -0.1) is 0 Å². The fourth-order valence-electron chi connectivity index (χ4n) is 4.32. The Bertz CT molecular complexity index is 1110. The summed E-state index contributed by atoms with van der Waals surface area (Å²) in [5.74, 6) is 3.48. The summed E-state index contributed by atoms with van der Waals surface area (Å²) in [6.07, 6.45) is 8.43. The van der Waals surface area contributed by atoms with E-state index < -0.39 is 0 Å².